The average molecular weight is 257 g/mol. The monoisotopic (exact) mass is 256 g/mol. The molecule has 0 aliphatic carbocycles. The van der Waals surface area contributed by atoms with Crippen LogP contribution >= 0.6 is 15.9 Å². The number of rotatable bonds is 6. The first kappa shape index (κ1) is 11.7. The van der Waals surface area contributed by atoms with Crippen LogP contribution in [0.3, 0.4) is 0 Å². The molecule has 0 radical (unpaired) electrons. The van der Waals surface area contributed by atoms with Crippen LogP contribution in [0.5, 0.6) is 0 Å². The number of hydrogen-bond donors (Lipinski definition) is 0. The molecule has 0 spiro atoms. The number of alkyl halides is 1. The first-order valence-electron chi connectivity index (χ1n) is 5.05. The second-order valence-electron chi connectivity index (χ2n) is 3.29. The predicted molar refractivity (Wildman–Crippen MR) is 63.6 cm³/mol. The number of pyridine rings is 1. The van der Waals surface area contributed by atoms with E-state index >= 15 is 0 Å². The lowest BCUT2D eigenvalue weighted by Crippen LogP contribution is -2.26. The van der Waals surface area contributed by atoms with E-state index < -0.39 is 0 Å². The number of aromatic nitrogens is 1. The molecule has 0 bridgehead atoms. The minimum atomic E-state index is 0.959. The lowest BCUT2D eigenvalue weighted by Gasteiger charge is -2.19. The van der Waals surface area contributed by atoms with Gasteiger partial charge in [-0.2, -0.15) is 0 Å². The highest BCUT2D eigenvalue weighted by atomic mass is 79.9. The van der Waals surface area contributed by atoms with Gasteiger partial charge in [0.25, 0.3) is 0 Å². The molecule has 0 saturated heterocycles. The summed E-state index contributed by atoms with van der Waals surface area (Å²) in [6.45, 7) is 5.40. The smallest absolute Gasteiger partial charge is 0.0543 e. The Morgan fingerprint density at radius 3 is 2.79 bits per heavy atom. The van der Waals surface area contributed by atoms with Gasteiger partial charge >= 0.3 is 0 Å². The van der Waals surface area contributed by atoms with Crippen LogP contribution < -0.4 is 0 Å². The van der Waals surface area contributed by atoms with Crippen molar-refractivity contribution in [1.82, 2.24) is 9.88 Å². The summed E-state index contributed by atoms with van der Waals surface area (Å²) in [5.41, 5.74) is 1.15. The Kier molecular flexibility index (Phi) is 5.80. The fourth-order valence-corrected chi connectivity index (χ4v) is 1.93. The van der Waals surface area contributed by atoms with Crippen LogP contribution in [0, 0.1) is 0 Å². The summed E-state index contributed by atoms with van der Waals surface area (Å²) in [6.07, 6.45) is 3.05. The molecule has 0 aliphatic heterocycles. The second-order valence-corrected chi connectivity index (χ2v) is 4.08. The molecule has 1 rings (SSSR count). The molecule has 3 heteroatoms. The van der Waals surface area contributed by atoms with Gasteiger partial charge in [0, 0.05) is 24.6 Å². The van der Waals surface area contributed by atoms with Crippen molar-refractivity contribution in [3.05, 3.63) is 30.1 Å². The van der Waals surface area contributed by atoms with E-state index in [2.05, 4.69) is 38.8 Å². The SMILES string of the molecule is CCCN(CCBr)Cc1ccccn1. The second kappa shape index (κ2) is 6.96. The highest BCUT2D eigenvalue weighted by Gasteiger charge is 2.03. The van der Waals surface area contributed by atoms with Gasteiger partial charge in [0.1, 0.15) is 0 Å². The van der Waals surface area contributed by atoms with Gasteiger partial charge in [-0.3, -0.25) is 9.88 Å². The fourth-order valence-electron chi connectivity index (χ4n) is 1.43. The molecule has 0 amide bonds. The topological polar surface area (TPSA) is 16.1 Å². The summed E-state index contributed by atoms with van der Waals surface area (Å²) in [4.78, 5) is 6.74. The zero-order valence-electron chi connectivity index (χ0n) is 8.62. The van der Waals surface area contributed by atoms with E-state index in [0.29, 0.717) is 0 Å². The molecule has 0 saturated carbocycles. The molecule has 1 aromatic heterocycles. The maximum Gasteiger partial charge on any atom is 0.0543 e. The minimum absolute atomic E-state index is 0.959. The van der Waals surface area contributed by atoms with Crippen molar-refractivity contribution in [2.24, 2.45) is 0 Å². The zero-order chi connectivity index (χ0) is 10.2. The highest BCUT2D eigenvalue weighted by Crippen LogP contribution is 2.02. The van der Waals surface area contributed by atoms with Gasteiger partial charge < -0.3 is 0 Å². The molecule has 78 valence electrons. The molecule has 0 aliphatic rings. The van der Waals surface area contributed by atoms with Crippen molar-refractivity contribution in [2.75, 3.05) is 18.4 Å². The summed E-state index contributed by atoms with van der Waals surface area (Å²) in [7, 11) is 0. The molecule has 14 heavy (non-hydrogen) atoms. The van der Waals surface area contributed by atoms with E-state index in [0.717, 1.165) is 30.7 Å². The molecule has 0 unspecified atom stereocenters. The summed E-state index contributed by atoms with van der Waals surface area (Å²) in [5, 5.41) is 1.03. The van der Waals surface area contributed by atoms with Crippen molar-refractivity contribution in [2.45, 2.75) is 19.9 Å². The van der Waals surface area contributed by atoms with Crippen LogP contribution in [0.1, 0.15) is 19.0 Å². The minimum Gasteiger partial charge on any atom is -0.297 e. The Bertz CT molecular complexity index is 232. The highest BCUT2D eigenvalue weighted by molar-refractivity contribution is 9.09. The third-order valence-electron chi connectivity index (χ3n) is 2.05. The van der Waals surface area contributed by atoms with Crippen LogP contribution in [0.15, 0.2) is 24.4 Å². The first-order valence-corrected chi connectivity index (χ1v) is 6.17. The standard InChI is InChI=1S/C11H17BrN2/c1-2-8-14(9-6-12)10-11-5-3-4-7-13-11/h3-5,7H,2,6,8-10H2,1H3. The van der Waals surface area contributed by atoms with E-state index in [4.69, 9.17) is 0 Å². The summed E-state index contributed by atoms with van der Waals surface area (Å²) in [5.74, 6) is 0. The van der Waals surface area contributed by atoms with Crippen molar-refractivity contribution < 1.29 is 0 Å². The Hall–Kier alpha value is -0.410. The van der Waals surface area contributed by atoms with Crippen LogP contribution in [-0.2, 0) is 6.54 Å². The normalized spacial score (nSPS) is 10.8. The number of nitrogens with zero attached hydrogens (tertiary/aromatic N) is 2. The average Bonchev–Trinajstić information content (AvgIpc) is 2.20. The molecule has 0 N–H and O–H groups in total. The van der Waals surface area contributed by atoms with Crippen LogP contribution in [-0.4, -0.2) is 28.3 Å². The zero-order valence-corrected chi connectivity index (χ0v) is 10.2. The van der Waals surface area contributed by atoms with E-state index in [1.807, 2.05) is 18.3 Å². The maximum atomic E-state index is 4.33. The maximum absolute atomic E-state index is 4.33. The Labute approximate surface area is 94.5 Å². The van der Waals surface area contributed by atoms with Crippen LogP contribution in [0.2, 0.25) is 0 Å². The van der Waals surface area contributed by atoms with E-state index in [9.17, 15) is 0 Å². The van der Waals surface area contributed by atoms with E-state index in [1.54, 1.807) is 0 Å². The van der Waals surface area contributed by atoms with Gasteiger partial charge in [-0.25, -0.2) is 0 Å². The molecule has 0 fully saturated rings. The van der Waals surface area contributed by atoms with Gasteiger partial charge in [-0.15, -0.1) is 0 Å². The van der Waals surface area contributed by atoms with Gasteiger partial charge in [0.05, 0.1) is 5.69 Å². The fraction of sp³-hybridized carbons (Fsp3) is 0.545. The molecule has 1 heterocycles. The van der Waals surface area contributed by atoms with Gasteiger partial charge in [0.2, 0.25) is 0 Å². The molecular weight excluding hydrogens is 240 g/mol. The summed E-state index contributed by atoms with van der Waals surface area (Å²) < 4.78 is 0. The number of halogens is 1. The Morgan fingerprint density at radius 1 is 1.36 bits per heavy atom. The van der Waals surface area contributed by atoms with Gasteiger partial charge in [-0.05, 0) is 25.1 Å². The van der Waals surface area contributed by atoms with Crippen LogP contribution in [0.4, 0.5) is 0 Å². The largest absolute Gasteiger partial charge is 0.297 e. The molecule has 1 aromatic rings. The lowest BCUT2D eigenvalue weighted by atomic mass is 10.3. The van der Waals surface area contributed by atoms with Crippen molar-refractivity contribution in [3.8, 4) is 0 Å². The van der Waals surface area contributed by atoms with E-state index in [1.165, 1.54) is 6.42 Å². The molecule has 0 aromatic carbocycles. The lowest BCUT2D eigenvalue weighted by molar-refractivity contribution is 0.280. The van der Waals surface area contributed by atoms with Gasteiger partial charge in [-0.1, -0.05) is 28.9 Å². The quantitative estimate of drug-likeness (QED) is 0.728. The third kappa shape index (κ3) is 4.20. The van der Waals surface area contributed by atoms with E-state index in [-0.39, 0.29) is 0 Å². The van der Waals surface area contributed by atoms with Crippen molar-refractivity contribution >= 4 is 15.9 Å². The first-order chi connectivity index (χ1) is 6.86. The summed E-state index contributed by atoms with van der Waals surface area (Å²) in [6, 6.07) is 6.08. The number of hydrogen-bond acceptors (Lipinski definition) is 2. The van der Waals surface area contributed by atoms with Crippen molar-refractivity contribution in [1.29, 1.82) is 0 Å². The Balaban J connectivity index is 2.46. The molecular formula is C11H17BrN2. The predicted octanol–water partition coefficient (Wildman–Crippen LogP) is 2.69. The van der Waals surface area contributed by atoms with Gasteiger partial charge in [0.15, 0.2) is 0 Å². The molecule has 2 nitrogen and oxygen atoms in total. The Morgan fingerprint density at radius 2 is 2.21 bits per heavy atom. The third-order valence-corrected chi connectivity index (χ3v) is 2.41. The summed E-state index contributed by atoms with van der Waals surface area (Å²) >= 11 is 3.47. The van der Waals surface area contributed by atoms with Crippen LogP contribution in [0.25, 0.3) is 0 Å². The molecule has 0 atom stereocenters. The van der Waals surface area contributed by atoms with Crippen molar-refractivity contribution in [3.63, 3.8) is 0 Å².